The van der Waals surface area contributed by atoms with E-state index in [1.807, 2.05) is 30.3 Å². The Morgan fingerprint density at radius 3 is 2.05 bits per heavy atom. The molecule has 1 saturated heterocycles. The number of ether oxygens (including phenoxy) is 1. The lowest BCUT2D eigenvalue weighted by Crippen LogP contribution is -2.73. The number of carbonyl (C=O) groups excluding carboxylic acids is 4. The summed E-state index contributed by atoms with van der Waals surface area (Å²) in [7, 11) is 1.23. The molecule has 1 fully saturated rings. The van der Waals surface area contributed by atoms with Crippen LogP contribution in [0.15, 0.2) is 90.1 Å². The number of amides is 3. The van der Waals surface area contributed by atoms with Gasteiger partial charge >= 0.3 is 5.97 Å². The average molecular weight is 498 g/mol. The molecule has 3 atom stereocenters. The van der Waals surface area contributed by atoms with Crippen LogP contribution < -0.4 is 0 Å². The van der Waals surface area contributed by atoms with Crippen molar-refractivity contribution in [3.8, 4) is 0 Å². The first-order chi connectivity index (χ1) is 18.0. The number of fused-ring (bicyclic) bond motifs is 1. The third-order valence-corrected chi connectivity index (χ3v) is 6.44. The maximum atomic E-state index is 13.6. The molecule has 0 saturated carbocycles. The zero-order valence-corrected chi connectivity index (χ0v) is 19.9. The second kappa shape index (κ2) is 10.1. The number of oxime groups is 1. The number of rotatable bonds is 8. The number of methoxy groups -OCH3 is 1. The lowest BCUT2D eigenvalue weighted by molar-refractivity contribution is -0.166. The molecule has 2 aliphatic rings. The molecule has 0 bridgehead atoms. The predicted molar refractivity (Wildman–Crippen MR) is 132 cm³/mol. The lowest BCUT2D eigenvalue weighted by atomic mass is 9.89. The Hall–Kier alpha value is -4.79. The zero-order valence-electron chi connectivity index (χ0n) is 19.9. The van der Waals surface area contributed by atoms with Crippen molar-refractivity contribution in [3.63, 3.8) is 0 Å². The fourth-order valence-corrected chi connectivity index (χ4v) is 4.64. The molecule has 3 aromatic rings. The molecule has 9 heteroatoms. The largest absolute Gasteiger partial charge is 0.467 e. The van der Waals surface area contributed by atoms with Gasteiger partial charge in [-0.25, -0.2) is 4.79 Å². The van der Waals surface area contributed by atoms with Crippen LogP contribution in [0.4, 0.5) is 0 Å². The molecule has 2 aliphatic heterocycles. The highest BCUT2D eigenvalue weighted by molar-refractivity contribution is 6.24. The topological polar surface area (TPSA) is 106 Å². The van der Waals surface area contributed by atoms with Gasteiger partial charge in [0.1, 0.15) is 18.7 Å². The number of likely N-dealkylation sites (tertiary alicyclic amines) is 1. The normalized spacial score (nSPS) is 19.5. The number of hydrogen-bond acceptors (Lipinski definition) is 7. The minimum absolute atomic E-state index is 0.175. The van der Waals surface area contributed by atoms with Crippen molar-refractivity contribution >= 4 is 29.9 Å². The minimum atomic E-state index is -1.19. The number of nitrogens with zero attached hydrogens (tertiary/aromatic N) is 3. The van der Waals surface area contributed by atoms with Crippen LogP contribution in [0.2, 0.25) is 0 Å². The smallest absolute Gasteiger partial charge is 0.333 e. The Kier molecular flexibility index (Phi) is 6.51. The summed E-state index contributed by atoms with van der Waals surface area (Å²) in [5, 5.41) is 4.04. The Morgan fingerprint density at radius 1 is 0.892 bits per heavy atom. The van der Waals surface area contributed by atoms with E-state index in [1.54, 1.807) is 54.6 Å². The first kappa shape index (κ1) is 23.9. The average Bonchev–Trinajstić information content (AvgIpc) is 3.19. The number of β-lactam (4-membered cyclic amide) rings is 1. The maximum absolute atomic E-state index is 13.6. The van der Waals surface area contributed by atoms with Crippen molar-refractivity contribution < 1.29 is 28.8 Å². The SMILES string of the molecule is COC(=O)C(c1ccccc1)N1C(=O)C(N2C(=O)c3ccccc3C2=O)C1/C=N/OCc1ccccc1. The van der Waals surface area contributed by atoms with Crippen LogP contribution in [-0.4, -0.2) is 58.9 Å². The molecular weight excluding hydrogens is 474 g/mol. The van der Waals surface area contributed by atoms with E-state index in [2.05, 4.69) is 5.16 Å². The van der Waals surface area contributed by atoms with E-state index in [-0.39, 0.29) is 17.7 Å². The van der Waals surface area contributed by atoms with Crippen molar-refractivity contribution in [1.82, 2.24) is 9.80 Å². The highest BCUT2D eigenvalue weighted by atomic mass is 16.6. The highest BCUT2D eigenvalue weighted by Gasteiger charge is 2.59. The minimum Gasteiger partial charge on any atom is -0.467 e. The summed E-state index contributed by atoms with van der Waals surface area (Å²) >= 11 is 0. The van der Waals surface area contributed by atoms with Crippen LogP contribution in [-0.2, 0) is 25.8 Å². The number of imide groups is 1. The number of benzene rings is 3. The van der Waals surface area contributed by atoms with Crippen molar-refractivity contribution in [3.05, 3.63) is 107 Å². The lowest BCUT2D eigenvalue weighted by Gasteiger charge is -2.50. The summed E-state index contributed by atoms with van der Waals surface area (Å²) in [6.45, 7) is 0.175. The second-order valence-electron chi connectivity index (χ2n) is 8.56. The van der Waals surface area contributed by atoms with Gasteiger partial charge in [-0.1, -0.05) is 78.0 Å². The third kappa shape index (κ3) is 4.24. The maximum Gasteiger partial charge on any atom is 0.333 e. The van der Waals surface area contributed by atoms with Crippen molar-refractivity contribution in [1.29, 1.82) is 0 Å². The zero-order chi connectivity index (χ0) is 25.9. The Balaban J connectivity index is 1.47. The summed E-state index contributed by atoms with van der Waals surface area (Å²) in [5.41, 5.74) is 1.85. The van der Waals surface area contributed by atoms with Crippen LogP contribution in [0.25, 0.3) is 0 Å². The van der Waals surface area contributed by atoms with E-state index in [0.29, 0.717) is 5.56 Å². The van der Waals surface area contributed by atoms with Gasteiger partial charge in [-0.3, -0.25) is 19.3 Å². The molecule has 3 unspecified atom stereocenters. The van der Waals surface area contributed by atoms with Gasteiger partial charge in [-0.2, -0.15) is 0 Å². The van der Waals surface area contributed by atoms with Gasteiger partial charge in [-0.05, 0) is 23.3 Å². The molecule has 3 amide bonds. The molecule has 37 heavy (non-hydrogen) atoms. The fraction of sp³-hybridized carbons (Fsp3) is 0.179. The molecular formula is C28H23N3O6. The van der Waals surface area contributed by atoms with Gasteiger partial charge in [0, 0.05) is 0 Å². The van der Waals surface area contributed by atoms with E-state index in [9.17, 15) is 19.2 Å². The summed E-state index contributed by atoms with van der Waals surface area (Å²) < 4.78 is 5.00. The first-order valence-electron chi connectivity index (χ1n) is 11.6. The molecule has 2 heterocycles. The molecule has 5 rings (SSSR count). The van der Waals surface area contributed by atoms with E-state index in [1.165, 1.54) is 18.2 Å². The number of esters is 1. The van der Waals surface area contributed by atoms with Gasteiger partial charge in [0.05, 0.1) is 24.5 Å². The van der Waals surface area contributed by atoms with Crippen LogP contribution in [0.1, 0.15) is 37.9 Å². The van der Waals surface area contributed by atoms with Crippen LogP contribution in [0.5, 0.6) is 0 Å². The molecule has 0 spiro atoms. The van der Waals surface area contributed by atoms with E-state index < -0.39 is 41.8 Å². The van der Waals surface area contributed by atoms with Gasteiger partial charge in [0.15, 0.2) is 6.04 Å². The Bertz CT molecular complexity index is 1340. The van der Waals surface area contributed by atoms with Crippen molar-refractivity contribution in [2.75, 3.05) is 7.11 Å². The Morgan fingerprint density at radius 2 is 1.46 bits per heavy atom. The second-order valence-corrected chi connectivity index (χ2v) is 8.56. The summed E-state index contributed by atoms with van der Waals surface area (Å²) in [4.78, 5) is 60.4. The van der Waals surface area contributed by atoms with Gasteiger partial charge in [0.25, 0.3) is 11.8 Å². The molecule has 0 aliphatic carbocycles. The summed E-state index contributed by atoms with van der Waals surface area (Å²) in [5.74, 6) is -2.38. The number of carbonyl (C=O) groups is 4. The predicted octanol–water partition coefficient (Wildman–Crippen LogP) is 2.98. The monoisotopic (exact) mass is 497 g/mol. The third-order valence-electron chi connectivity index (χ3n) is 6.44. The van der Waals surface area contributed by atoms with Crippen LogP contribution >= 0.6 is 0 Å². The molecule has 186 valence electrons. The Labute approximate surface area is 212 Å². The van der Waals surface area contributed by atoms with Gasteiger partial charge in [-0.15, -0.1) is 0 Å². The number of hydrogen-bond donors (Lipinski definition) is 0. The van der Waals surface area contributed by atoms with Gasteiger partial charge < -0.3 is 14.5 Å². The molecule has 0 N–H and O–H groups in total. The summed E-state index contributed by atoms with van der Waals surface area (Å²) in [6.07, 6.45) is 1.34. The van der Waals surface area contributed by atoms with E-state index >= 15 is 0 Å². The standard InChI is InChI=1S/C28H23N3O6/c1-36-28(35)23(19-12-6-3-7-13-19)30-22(16-29-37-17-18-10-4-2-5-11-18)24(27(30)34)31-25(32)20-14-8-9-15-21(20)26(31)33/h2-16,22-24H,17H2,1H3/b29-16+. The molecule has 3 aromatic carbocycles. The summed E-state index contributed by atoms with van der Waals surface area (Å²) in [6, 6.07) is 21.2. The van der Waals surface area contributed by atoms with Gasteiger partial charge in [0.2, 0.25) is 5.91 Å². The van der Waals surface area contributed by atoms with E-state index in [4.69, 9.17) is 9.57 Å². The fourth-order valence-electron chi connectivity index (χ4n) is 4.64. The molecule has 0 radical (unpaired) electrons. The first-order valence-corrected chi connectivity index (χ1v) is 11.6. The van der Waals surface area contributed by atoms with Crippen molar-refractivity contribution in [2.45, 2.75) is 24.7 Å². The van der Waals surface area contributed by atoms with Crippen LogP contribution in [0.3, 0.4) is 0 Å². The van der Waals surface area contributed by atoms with Crippen molar-refractivity contribution in [2.24, 2.45) is 5.16 Å². The van der Waals surface area contributed by atoms with E-state index in [0.717, 1.165) is 10.5 Å². The molecule has 0 aromatic heterocycles. The van der Waals surface area contributed by atoms with Crippen LogP contribution in [0, 0.1) is 0 Å². The quantitative estimate of drug-likeness (QED) is 0.156. The highest BCUT2D eigenvalue weighted by Crippen LogP contribution is 2.38. The molecule has 9 nitrogen and oxygen atoms in total.